The number of hydrogen-bond donors (Lipinski definition) is 4. The van der Waals surface area contributed by atoms with E-state index in [1.54, 1.807) is 0 Å². The summed E-state index contributed by atoms with van der Waals surface area (Å²) in [4.78, 5) is 24.2. The Morgan fingerprint density at radius 1 is 1.16 bits per heavy atom. The second kappa shape index (κ2) is 8.34. The molecule has 0 spiro atoms. The Kier molecular flexibility index (Phi) is 5.59. The van der Waals surface area contributed by atoms with Gasteiger partial charge >= 0.3 is 6.18 Å². The largest absolute Gasteiger partial charge is 0.416 e. The first-order valence-electron chi connectivity index (χ1n) is 9.13. The van der Waals surface area contributed by atoms with Crippen molar-refractivity contribution >= 4 is 45.4 Å². The quantitative estimate of drug-likeness (QED) is 0.489. The number of alkyl halides is 3. The van der Waals surface area contributed by atoms with E-state index in [1.165, 1.54) is 12.1 Å². The fourth-order valence-corrected chi connectivity index (χ4v) is 3.76. The lowest BCUT2D eigenvalue weighted by Crippen LogP contribution is -2.39. The summed E-state index contributed by atoms with van der Waals surface area (Å²) in [7, 11) is 0. The number of rotatable bonds is 4. The number of nitrogens with zero attached hydrogens (tertiary/aromatic N) is 2. The molecule has 0 bridgehead atoms. The standard InChI is InChI=1S/C20H17F3N6OS/c21-20(22,23)11-4-3-5-12(8-11)26-16(30)10-31-19-28-17(27-18(24)29-19)14-9-25-15-7-2-1-6-13(14)15/h1-9,17,25H,10H2,(H,26,30)(H3,24,27,28,29)/t17-/m0/s1. The van der Waals surface area contributed by atoms with Gasteiger partial charge in [-0.2, -0.15) is 13.2 Å². The average Bonchev–Trinajstić information content (AvgIpc) is 3.16. The number of aromatic nitrogens is 1. The van der Waals surface area contributed by atoms with Crippen LogP contribution in [0.2, 0.25) is 0 Å². The number of aliphatic imine (C=N–C) groups is 2. The third-order valence-corrected chi connectivity index (χ3v) is 5.34. The first-order chi connectivity index (χ1) is 14.8. The molecule has 1 aromatic heterocycles. The Morgan fingerprint density at radius 3 is 2.77 bits per heavy atom. The molecule has 0 aliphatic carbocycles. The van der Waals surface area contributed by atoms with Crippen molar-refractivity contribution in [3.05, 3.63) is 65.9 Å². The lowest BCUT2D eigenvalue weighted by molar-refractivity contribution is -0.137. The maximum absolute atomic E-state index is 12.8. The molecule has 2 aromatic carbocycles. The third kappa shape index (κ3) is 4.82. The number of H-pyrrole nitrogens is 1. The number of amides is 1. The van der Waals surface area contributed by atoms with Crippen LogP contribution >= 0.6 is 11.8 Å². The van der Waals surface area contributed by atoms with Crippen LogP contribution in [0.5, 0.6) is 0 Å². The van der Waals surface area contributed by atoms with Crippen molar-refractivity contribution in [3.63, 3.8) is 0 Å². The summed E-state index contributed by atoms with van der Waals surface area (Å²) in [6, 6.07) is 12.2. The SMILES string of the molecule is NC1=N[C@H](c2c[nH]c3ccccc23)N=C(SCC(=O)Nc2cccc(C(F)(F)F)c2)N1. The van der Waals surface area contributed by atoms with Crippen molar-refractivity contribution in [1.82, 2.24) is 10.3 Å². The van der Waals surface area contributed by atoms with Crippen molar-refractivity contribution in [3.8, 4) is 0 Å². The van der Waals surface area contributed by atoms with Gasteiger partial charge in [-0.25, -0.2) is 9.98 Å². The second-order valence-electron chi connectivity index (χ2n) is 6.65. The summed E-state index contributed by atoms with van der Waals surface area (Å²) in [5.41, 5.74) is 6.89. The summed E-state index contributed by atoms with van der Waals surface area (Å²) >= 11 is 1.08. The number of hydrogen-bond acceptors (Lipinski definition) is 6. The number of nitrogens with two attached hydrogens (primary N) is 1. The van der Waals surface area contributed by atoms with Crippen LogP contribution in [0.15, 0.2) is 64.7 Å². The summed E-state index contributed by atoms with van der Waals surface area (Å²) in [6.45, 7) is 0. The van der Waals surface area contributed by atoms with Crippen molar-refractivity contribution in [1.29, 1.82) is 0 Å². The van der Waals surface area contributed by atoms with Crippen molar-refractivity contribution < 1.29 is 18.0 Å². The molecule has 1 amide bonds. The molecule has 3 aromatic rings. The van der Waals surface area contributed by atoms with Gasteiger partial charge in [0.2, 0.25) is 5.91 Å². The van der Waals surface area contributed by atoms with E-state index >= 15 is 0 Å². The number of carbonyl (C=O) groups is 1. The number of aromatic amines is 1. The highest BCUT2D eigenvalue weighted by Gasteiger charge is 2.30. The Balaban J connectivity index is 1.43. The number of nitrogens with one attached hydrogen (secondary N) is 3. The molecule has 1 atom stereocenters. The van der Waals surface area contributed by atoms with Crippen LogP contribution < -0.4 is 16.4 Å². The van der Waals surface area contributed by atoms with E-state index in [9.17, 15) is 18.0 Å². The van der Waals surface area contributed by atoms with E-state index in [0.29, 0.717) is 5.17 Å². The third-order valence-electron chi connectivity index (χ3n) is 4.45. The molecule has 160 valence electrons. The van der Waals surface area contributed by atoms with Gasteiger partial charge in [0.1, 0.15) is 0 Å². The van der Waals surface area contributed by atoms with Crippen molar-refractivity contribution in [2.75, 3.05) is 11.1 Å². The van der Waals surface area contributed by atoms with Gasteiger partial charge < -0.3 is 21.4 Å². The van der Waals surface area contributed by atoms with Gasteiger partial charge in [0.15, 0.2) is 17.3 Å². The molecule has 4 rings (SSSR count). The van der Waals surface area contributed by atoms with Crippen LogP contribution in [-0.2, 0) is 11.0 Å². The zero-order chi connectivity index (χ0) is 22.0. The molecule has 2 heterocycles. The van der Waals surface area contributed by atoms with Crippen LogP contribution in [0.3, 0.4) is 0 Å². The molecule has 0 radical (unpaired) electrons. The molecule has 1 aliphatic rings. The summed E-state index contributed by atoms with van der Waals surface area (Å²) < 4.78 is 38.5. The first-order valence-corrected chi connectivity index (χ1v) is 10.1. The minimum atomic E-state index is -4.48. The molecular weight excluding hydrogens is 429 g/mol. The minimum absolute atomic E-state index is 0.0664. The number of thioether (sulfide) groups is 1. The molecule has 7 nitrogen and oxygen atoms in total. The number of para-hydroxylation sites is 1. The van der Waals surface area contributed by atoms with E-state index < -0.39 is 23.8 Å². The molecule has 0 saturated heterocycles. The number of carbonyl (C=O) groups excluding carboxylic acids is 1. The minimum Gasteiger partial charge on any atom is -0.370 e. The van der Waals surface area contributed by atoms with E-state index in [4.69, 9.17) is 5.73 Å². The lowest BCUT2D eigenvalue weighted by Gasteiger charge is -2.18. The van der Waals surface area contributed by atoms with Crippen LogP contribution in [0.1, 0.15) is 17.3 Å². The van der Waals surface area contributed by atoms with Crippen molar-refractivity contribution in [2.24, 2.45) is 15.7 Å². The van der Waals surface area contributed by atoms with E-state index in [1.807, 2.05) is 30.5 Å². The normalized spacial score (nSPS) is 16.4. The molecule has 5 N–H and O–H groups in total. The smallest absolute Gasteiger partial charge is 0.370 e. The van der Waals surface area contributed by atoms with Gasteiger partial charge in [-0.05, 0) is 24.3 Å². The van der Waals surface area contributed by atoms with Gasteiger partial charge in [0.05, 0.1) is 11.3 Å². The Hall–Kier alpha value is -3.47. The van der Waals surface area contributed by atoms with Gasteiger partial charge in [-0.3, -0.25) is 4.79 Å². The van der Waals surface area contributed by atoms with Crippen LogP contribution in [0.25, 0.3) is 10.9 Å². The van der Waals surface area contributed by atoms with Gasteiger partial charge in [0, 0.05) is 28.4 Å². The Bertz CT molecular complexity index is 1190. The molecule has 31 heavy (non-hydrogen) atoms. The Morgan fingerprint density at radius 2 is 1.97 bits per heavy atom. The highest BCUT2D eigenvalue weighted by molar-refractivity contribution is 8.14. The number of fused-ring (bicyclic) bond motifs is 1. The molecule has 1 aliphatic heterocycles. The van der Waals surface area contributed by atoms with E-state index in [2.05, 4.69) is 25.6 Å². The highest BCUT2D eigenvalue weighted by atomic mass is 32.2. The maximum Gasteiger partial charge on any atom is 0.416 e. The predicted molar refractivity (Wildman–Crippen MR) is 116 cm³/mol. The van der Waals surface area contributed by atoms with E-state index in [-0.39, 0.29) is 17.4 Å². The predicted octanol–water partition coefficient (Wildman–Crippen LogP) is 3.83. The number of benzene rings is 2. The first kappa shape index (κ1) is 20.8. The topological polar surface area (TPSA) is 108 Å². The zero-order valence-electron chi connectivity index (χ0n) is 15.9. The maximum atomic E-state index is 12.8. The van der Waals surface area contributed by atoms with E-state index in [0.717, 1.165) is 40.4 Å². The van der Waals surface area contributed by atoms with Crippen LogP contribution in [0.4, 0.5) is 18.9 Å². The molecule has 11 heteroatoms. The lowest BCUT2D eigenvalue weighted by atomic mass is 10.1. The van der Waals surface area contributed by atoms with Crippen molar-refractivity contribution in [2.45, 2.75) is 12.3 Å². The van der Waals surface area contributed by atoms with Crippen LogP contribution in [0, 0.1) is 0 Å². The number of anilines is 1. The average molecular weight is 446 g/mol. The zero-order valence-corrected chi connectivity index (χ0v) is 16.7. The van der Waals surface area contributed by atoms with Crippen LogP contribution in [-0.4, -0.2) is 27.8 Å². The molecule has 0 fully saturated rings. The second-order valence-corrected chi connectivity index (χ2v) is 7.62. The fourth-order valence-electron chi connectivity index (χ4n) is 3.07. The van der Waals surface area contributed by atoms with Gasteiger partial charge in [-0.1, -0.05) is 36.0 Å². The number of guanidine groups is 1. The molecule has 0 saturated carbocycles. The fraction of sp³-hybridized carbons (Fsp3) is 0.150. The summed E-state index contributed by atoms with van der Waals surface area (Å²) in [5, 5.41) is 6.62. The Labute approximate surface area is 179 Å². The highest BCUT2D eigenvalue weighted by Crippen LogP contribution is 2.31. The summed E-state index contributed by atoms with van der Waals surface area (Å²) in [6.07, 6.45) is -3.25. The molecular formula is C20H17F3N6OS. The number of amidine groups is 1. The monoisotopic (exact) mass is 446 g/mol. The number of halogens is 3. The van der Waals surface area contributed by atoms with Gasteiger partial charge in [0.25, 0.3) is 0 Å². The molecule has 0 unspecified atom stereocenters. The summed E-state index contributed by atoms with van der Waals surface area (Å²) in [5.74, 6) is -0.389. The van der Waals surface area contributed by atoms with Gasteiger partial charge in [-0.15, -0.1) is 0 Å².